The van der Waals surface area contributed by atoms with Crippen molar-refractivity contribution in [3.8, 4) is 0 Å². The molecule has 1 atom stereocenters. The molecular formula is C23H24FNO5. The zero-order chi connectivity index (χ0) is 21.7. The van der Waals surface area contributed by atoms with E-state index in [9.17, 15) is 14.0 Å². The topological polar surface area (TPSA) is 69.0 Å². The Hall–Kier alpha value is -3.19. The van der Waals surface area contributed by atoms with Gasteiger partial charge in [-0.2, -0.15) is 0 Å². The average Bonchev–Trinajstić information content (AvgIpc) is 3.10. The summed E-state index contributed by atoms with van der Waals surface area (Å²) in [4.78, 5) is 26.8. The maximum Gasteiger partial charge on any atom is 0.375 e. The summed E-state index contributed by atoms with van der Waals surface area (Å²) in [6.45, 7) is 4.22. The van der Waals surface area contributed by atoms with Crippen LogP contribution >= 0.6 is 0 Å². The zero-order valence-corrected chi connectivity index (χ0v) is 17.2. The Morgan fingerprint density at radius 2 is 1.93 bits per heavy atom. The number of nitrogens with zero attached hydrogens (tertiary/aromatic N) is 1. The minimum absolute atomic E-state index is 0.0251. The molecule has 0 spiro atoms. The van der Waals surface area contributed by atoms with Crippen molar-refractivity contribution >= 4 is 22.8 Å². The van der Waals surface area contributed by atoms with Gasteiger partial charge in [0, 0.05) is 31.1 Å². The number of hydrogen-bond acceptors (Lipinski definition) is 5. The average molecular weight is 413 g/mol. The van der Waals surface area contributed by atoms with Crippen LogP contribution in [0.1, 0.15) is 35.5 Å². The van der Waals surface area contributed by atoms with Crippen molar-refractivity contribution in [2.75, 3.05) is 13.7 Å². The fraction of sp³-hybridized carbons (Fsp3) is 0.304. The summed E-state index contributed by atoms with van der Waals surface area (Å²) in [5.74, 6) is -1.49. The predicted octanol–water partition coefficient (Wildman–Crippen LogP) is 4.31. The first kappa shape index (κ1) is 21.5. The van der Waals surface area contributed by atoms with Gasteiger partial charge in [0.1, 0.15) is 11.4 Å². The SMILES string of the molecule is CCOCc1c(C(=O)O[C@H](C)C(=O)N(C)Cc2cccc(F)c2)oc2ccccc12. The number of hydrogen-bond donors (Lipinski definition) is 0. The molecule has 0 aliphatic heterocycles. The first-order chi connectivity index (χ1) is 14.4. The lowest BCUT2D eigenvalue weighted by Crippen LogP contribution is -2.37. The van der Waals surface area contributed by atoms with Gasteiger partial charge < -0.3 is 18.8 Å². The third kappa shape index (κ3) is 4.86. The molecule has 158 valence electrons. The number of furan rings is 1. The van der Waals surface area contributed by atoms with E-state index in [1.165, 1.54) is 24.0 Å². The van der Waals surface area contributed by atoms with Crippen LogP contribution in [0.25, 0.3) is 11.0 Å². The van der Waals surface area contributed by atoms with Gasteiger partial charge in [0.05, 0.1) is 6.61 Å². The second kappa shape index (κ2) is 9.54. The van der Waals surface area contributed by atoms with Gasteiger partial charge in [0.25, 0.3) is 5.91 Å². The maximum absolute atomic E-state index is 13.4. The Morgan fingerprint density at radius 3 is 2.67 bits per heavy atom. The van der Waals surface area contributed by atoms with Gasteiger partial charge in [-0.3, -0.25) is 4.79 Å². The number of likely N-dealkylation sites (N-methyl/N-ethyl adjacent to an activating group) is 1. The Kier molecular flexibility index (Phi) is 6.84. The number of carbonyl (C=O) groups excluding carboxylic acids is 2. The molecule has 3 rings (SSSR count). The van der Waals surface area contributed by atoms with E-state index >= 15 is 0 Å². The van der Waals surface area contributed by atoms with Crippen molar-refractivity contribution in [1.82, 2.24) is 4.90 Å². The normalized spacial score (nSPS) is 12.0. The number of halogens is 1. The third-order valence-corrected chi connectivity index (χ3v) is 4.65. The molecule has 0 saturated carbocycles. The molecule has 0 N–H and O–H groups in total. The molecule has 0 aliphatic rings. The molecule has 0 unspecified atom stereocenters. The highest BCUT2D eigenvalue weighted by atomic mass is 19.1. The summed E-state index contributed by atoms with van der Waals surface area (Å²) in [6.07, 6.45) is -1.04. The number of carbonyl (C=O) groups is 2. The number of esters is 1. The largest absolute Gasteiger partial charge is 0.449 e. The molecule has 0 radical (unpaired) electrons. The van der Waals surface area contributed by atoms with E-state index in [1.807, 2.05) is 19.1 Å². The lowest BCUT2D eigenvalue weighted by molar-refractivity contribution is -0.139. The van der Waals surface area contributed by atoms with E-state index in [2.05, 4.69) is 0 Å². The molecule has 0 bridgehead atoms. The molecule has 0 fully saturated rings. The first-order valence-corrected chi connectivity index (χ1v) is 9.69. The number of benzene rings is 2. The summed E-state index contributed by atoms with van der Waals surface area (Å²) in [7, 11) is 1.57. The number of rotatable bonds is 8. The van der Waals surface area contributed by atoms with Crippen LogP contribution in [0.3, 0.4) is 0 Å². The highest BCUT2D eigenvalue weighted by molar-refractivity contribution is 5.97. The second-order valence-corrected chi connectivity index (χ2v) is 6.91. The van der Waals surface area contributed by atoms with Gasteiger partial charge in [0.15, 0.2) is 6.10 Å². The molecule has 30 heavy (non-hydrogen) atoms. The van der Waals surface area contributed by atoms with Crippen molar-refractivity contribution < 1.29 is 27.9 Å². The van der Waals surface area contributed by atoms with Crippen LogP contribution < -0.4 is 0 Å². The van der Waals surface area contributed by atoms with E-state index in [0.29, 0.717) is 23.3 Å². The van der Waals surface area contributed by atoms with Crippen molar-refractivity contribution in [1.29, 1.82) is 0 Å². The summed E-state index contributed by atoms with van der Waals surface area (Å²) < 4.78 is 29.9. The smallest absolute Gasteiger partial charge is 0.375 e. The monoisotopic (exact) mass is 413 g/mol. The highest BCUT2D eigenvalue weighted by Crippen LogP contribution is 2.27. The van der Waals surface area contributed by atoms with Crippen molar-refractivity contribution in [3.63, 3.8) is 0 Å². The zero-order valence-electron chi connectivity index (χ0n) is 17.2. The Bertz CT molecular complexity index is 1050. The van der Waals surface area contributed by atoms with Gasteiger partial charge in [0.2, 0.25) is 5.76 Å². The van der Waals surface area contributed by atoms with Gasteiger partial charge in [-0.15, -0.1) is 0 Å². The Labute approximate surface area is 174 Å². The molecule has 1 amide bonds. The fourth-order valence-electron chi connectivity index (χ4n) is 3.17. The van der Waals surface area contributed by atoms with Crippen LogP contribution in [-0.4, -0.2) is 36.5 Å². The van der Waals surface area contributed by atoms with E-state index in [-0.39, 0.29) is 24.7 Å². The van der Waals surface area contributed by atoms with Crippen LogP contribution in [0.4, 0.5) is 4.39 Å². The van der Waals surface area contributed by atoms with Crippen LogP contribution in [-0.2, 0) is 27.4 Å². The van der Waals surface area contributed by atoms with E-state index in [0.717, 1.165) is 5.39 Å². The molecule has 1 aromatic heterocycles. The second-order valence-electron chi connectivity index (χ2n) is 6.91. The first-order valence-electron chi connectivity index (χ1n) is 9.69. The van der Waals surface area contributed by atoms with Crippen LogP contribution in [0.2, 0.25) is 0 Å². The van der Waals surface area contributed by atoms with Crippen LogP contribution in [0, 0.1) is 5.82 Å². The quantitative estimate of drug-likeness (QED) is 0.515. The van der Waals surface area contributed by atoms with E-state index in [1.54, 1.807) is 31.3 Å². The summed E-state index contributed by atoms with van der Waals surface area (Å²) in [6, 6.07) is 13.2. The van der Waals surface area contributed by atoms with Crippen LogP contribution in [0.15, 0.2) is 52.9 Å². The Balaban J connectivity index is 1.72. The fourth-order valence-corrected chi connectivity index (χ4v) is 3.17. The number of amides is 1. The summed E-state index contributed by atoms with van der Waals surface area (Å²) in [5, 5.41) is 0.764. The Morgan fingerprint density at radius 1 is 1.17 bits per heavy atom. The lowest BCUT2D eigenvalue weighted by atomic mass is 10.1. The standard InChI is InChI=1S/C23H24FNO5/c1-4-28-14-19-18-10-5-6-11-20(18)30-21(19)23(27)29-15(2)22(26)25(3)13-16-8-7-9-17(24)12-16/h5-12,15H,4,13-14H2,1-3H3/t15-/m1/s1. The molecule has 1 heterocycles. The van der Waals surface area contributed by atoms with Gasteiger partial charge >= 0.3 is 5.97 Å². The molecular weight excluding hydrogens is 389 g/mol. The number of ether oxygens (including phenoxy) is 2. The van der Waals surface area contributed by atoms with Gasteiger partial charge in [-0.25, -0.2) is 9.18 Å². The molecule has 7 heteroatoms. The van der Waals surface area contributed by atoms with E-state index in [4.69, 9.17) is 13.9 Å². The van der Waals surface area contributed by atoms with Crippen molar-refractivity contribution in [2.24, 2.45) is 0 Å². The van der Waals surface area contributed by atoms with Gasteiger partial charge in [-0.05, 0) is 37.6 Å². The van der Waals surface area contributed by atoms with Crippen molar-refractivity contribution in [2.45, 2.75) is 33.1 Å². The molecule has 2 aromatic carbocycles. The third-order valence-electron chi connectivity index (χ3n) is 4.65. The number of fused-ring (bicyclic) bond motifs is 1. The van der Waals surface area contributed by atoms with E-state index < -0.39 is 18.0 Å². The summed E-state index contributed by atoms with van der Waals surface area (Å²) in [5.41, 5.74) is 1.77. The van der Waals surface area contributed by atoms with Crippen LogP contribution in [0.5, 0.6) is 0 Å². The lowest BCUT2D eigenvalue weighted by Gasteiger charge is -2.21. The minimum Gasteiger partial charge on any atom is -0.449 e. The summed E-state index contributed by atoms with van der Waals surface area (Å²) >= 11 is 0. The van der Waals surface area contributed by atoms with Gasteiger partial charge in [-0.1, -0.05) is 30.3 Å². The predicted molar refractivity (Wildman–Crippen MR) is 109 cm³/mol. The number of para-hydroxylation sites is 1. The maximum atomic E-state index is 13.4. The minimum atomic E-state index is -1.04. The highest BCUT2D eigenvalue weighted by Gasteiger charge is 2.27. The molecule has 0 saturated heterocycles. The molecule has 0 aliphatic carbocycles. The molecule has 3 aromatic rings. The molecule has 6 nitrogen and oxygen atoms in total. The van der Waals surface area contributed by atoms with Crippen molar-refractivity contribution in [3.05, 3.63) is 71.2 Å².